The Morgan fingerprint density at radius 3 is 2.00 bits per heavy atom. The van der Waals surface area contributed by atoms with E-state index in [-0.39, 0.29) is 0 Å². The van der Waals surface area contributed by atoms with Gasteiger partial charge in [-0.05, 0) is 17.7 Å². The van der Waals surface area contributed by atoms with Crippen LogP contribution in [0.1, 0.15) is 5.56 Å². The summed E-state index contributed by atoms with van der Waals surface area (Å²) in [5, 5.41) is 0. The lowest BCUT2D eigenvalue weighted by Crippen LogP contribution is -2.19. The van der Waals surface area contributed by atoms with Crippen molar-refractivity contribution in [3.8, 4) is 0 Å². The van der Waals surface area contributed by atoms with Gasteiger partial charge >= 0.3 is 0 Å². The fourth-order valence-corrected chi connectivity index (χ4v) is 1.38. The van der Waals surface area contributed by atoms with Crippen LogP contribution in [-0.2, 0) is 0 Å². The molecule has 80 valence electrons. The first-order valence-corrected chi connectivity index (χ1v) is 5.17. The molecule has 2 rings (SSSR count). The van der Waals surface area contributed by atoms with Gasteiger partial charge in [0.2, 0.25) is 0 Å². The van der Waals surface area contributed by atoms with E-state index in [2.05, 4.69) is 17.4 Å². The Hall–Kier alpha value is -2.22. The molecule has 0 saturated carbocycles. The molecular formula is C14H14N2. The van der Waals surface area contributed by atoms with Gasteiger partial charge in [-0.25, -0.2) is 0 Å². The van der Waals surface area contributed by atoms with Crippen LogP contribution in [0.5, 0.6) is 0 Å². The lowest BCUT2D eigenvalue weighted by Gasteiger charge is -2.11. The monoisotopic (exact) mass is 210 g/mol. The minimum absolute atomic E-state index is 0.851. The van der Waals surface area contributed by atoms with E-state index in [0.717, 1.165) is 16.9 Å². The molecule has 0 atom stereocenters. The smallest absolute Gasteiger partial charge is 0.0540 e. The lowest BCUT2D eigenvalue weighted by molar-refractivity contribution is 1.08. The van der Waals surface area contributed by atoms with Gasteiger partial charge in [0.25, 0.3) is 0 Å². The molecule has 0 aliphatic rings. The van der Waals surface area contributed by atoms with E-state index in [1.165, 1.54) is 0 Å². The van der Waals surface area contributed by atoms with Gasteiger partial charge < -0.3 is 10.9 Å². The summed E-state index contributed by atoms with van der Waals surface area (Å²) in [7, 11) is 0. The number of hydrogen-bond donors (Lipinski definition) is 2. The standard InChI is InChI=1S/C14H14N2/c1-12(13-8-4-2-5-9-13)15-16-14-10-6-3-7-11-14/h2-11,15-16H,1H2. The number of rotatable bonds is 4. The molecule has 0 spiro atoms. The van der Waals surface area contributed by atoms with E-state index in [1.54, 1.807) is 0 Å². The minimum atomic E-state index is 0.851. The van der Waals surface area contributed by atoms with Crippen LogP contribution in [0.25, 0.3) is 5.70 Å². The summed E-state index contributed by atoms with van der Waals surface area (Å²) in [4.78, 5) is 0. The Balaban J connectivity index is 1.95. The third kappa shape index (κ3) is 2.64. The number of hydrogen-bond acceptors (Lipinski definition) is 2. The highest BCUT2D eigenvalue weighted by Crippen LogP contribution is 2.09. The van der Waals surface area contributed by atoms with Gasteiger partial charge in [-0.3, -0.25) is 0 Å². The van der Waals surface area contributed by atoms with Crippen molar-refractivity contribution < 1.29 is 0 Å². The quantitative estimate of drug-likeness (QED) is 0.757. The Bertz CT molecular complexity index is 449. The Morgan fingerprint density at radius 1 is 0.812 bits per heavy atom. The molecule has 0 fully saturated rings. The summed E-state index contributed by atoms with van der Waals surface area (Å²) in [6, 6.07) is 19.9. The maximum absolute atomic E-state index is 3.97. The van der Waals surface area contributed by atoms with Crippen molar-refractivity contribution in [2.75, 3.05) is 5.43 Å². The molecule has 0 aromatic heterocycles. The van der Waals surface area contributed by atoms with Crippen molar-refractivity contribution in [3.05, 3.63) is 72.8 Å². The van der Waals surface area contributed by atoms with Crippen molar-refractivity contribution in [2.24, 2.45) is 0 Å². The zero-order chi connectivity index (χ0) is 11.2. The van der Waals surface area contributed by atoms with Crippen molar-refractivity contribution in [2.45, 2.75) is 0 Å². The maximum atomic E-state index is 3.97. The van der Waals surface area contributed by atoms with Gasteiger partial charge in [0, 0.05) is 0 Å². The molecule has 2 heteroatoms. The van der Waals surface area contributed by atoms with Crippen LogP contribution in [0.2, 0.25) is 0 Å². The van der Waals surface area contributed by atoms with Crippen molar-refractivity contribution in [1.82, 2.24) is 5.43 Å². The summed E-state index contributed by atoms with van der Waals surface area (Å²) in [6.07, 6.45) is 0. The summed E-state index contributed by atoms with van der Waals surface area (Å²) in [6.45, 7) is 3.97. The van der Waals surface area contributed by atoms with Gasteiger partial charge in [-0.2, -0.15) is 0 Å². The molecule has 0 unspecified atom stereocenters. The Morgan fingerprint density at radius 2 is 1.38 bits per heavy atom. The second-order valence-electron chi connectivity index (χ2n) is 3.46. The number of benzene rings is 2. The highest BCUT2D eigenvalue weighted by atomic mass is 15.4. The predicted octanol–water partition coefficient (Wildman–Crippen LogP) is 3.27. The normalized spacial score (nSPS) is 9.50. The second-order valence-corrected chi connectivity index (χ2v) is 3.46. The molecule has 0 saturated heterocycles. The first-order chi connectivity index (χ1) is 7.86. The van der Waals surface area contributed by atoms with E-state index in [0.29, 0.717) is 0 Å². The zero-order valence-electron chi connectivity index (χ0n) is 8.98. The molecule has 0 radical (unpaired) electrons. The van der Waals surface area contributed by atoms with Crippen molar-refractivity contribution >= 4 is 11.4 Å². The molecule has 0 heterocycles. The van der Waals surface area contributed by atoms with Gasteiger partial charge in [0.1, 0.15) is 0 Å². The van der Waals surface area contributed by atoms with Crippen LogP contribution < -0.4 is 10.9 Å². The molecule has 16 heavy (non-hydrogen) atoms. The summed E-state index contributed by atoms with van der Waals surface area (Å²) < 4.78 is 0. The van der Waals surface area contributed by atoms with Gasteiger partial charge in [-0.15, -0.1) is 0 Å². The van der Waals surface area contributed by atoms with E-state index in [9.17, 15) is 0 Å². The Kier molecular flexibility index (Phi) is 3.24. The number of anilines is 1. The average Bonchev–Trinajstić information content (AvgIpc) is 2.38. The van der Waals surface area contributed by atoms with Gasteiger partial charge in [-0.1, -0.05) is 55.1 Å². The molecule has 2 nitrogen and oxygen atoms in total. The first kappa shape index (κ1) is 10.3. The van der Waals surface area contributed by atoms with Gasteiger partial charge in [0.15, 0.2) is 0 Å². The van der Waals surface area contributed by atoms with Crippen LogP contribution in [0, 0.1) is 0 Å². The topological polar surface area (TPSA) is 24.1 Å². The Labute approximate surface area is 95.6 Å². The van der Waals surface area contributed by atoms with Crippen LogP contribution in [0.4, 0.5) is 5.69 Å². The lowest BCUT2D eigenvalue weighted by atomic mass is 10.2. The van der Waals surface area contributed by atoms with Crippen LogP contribution in [-0.4, -0.2) is 0 Å². The molecule has 2 N–H and O–H groups in total. The molecule has 0 aliphatic carbocycles. The van der Waals surface area contributed by atoms with Crippen LogP contribution >= 0.6 is 0 Å². The highest BCUT2D eigenvalue weighted by Gasteiger charge is 1.95. The maximum Gasteiger partial charge on any atom is 0.0540 e. The summed E-state index contributed by atoms with van der Waals surface area (Å²) in [5.41, 5.74) is 9.10. The number of nitrogens with one attached hydrogen (secondary N) is 2. The van der Waals surface area contributed by atoms with E-state index < -0.39 is 0 Å². The average molecular weight is 210 g/mol. The molecular weight excluding hydrogens is 196 g/mol. The second kappa shape index (κ2) is 5.03. The van der Waals surface area contributed by atoms with E-state index in [4.69, 9.17) is 0 Å². The molecule has 2 aromatic carbocycles. The molecule has 0 bridgehead atoms. The zero-order valence-corrected chi connectivity index (χ0v) is 8.98. The van der Waals surface area contributed by atoms with Crippen LogP contribution in [0.15, 0.2) is 67.2 Å². The summed E-state index contributed by atoms with van der Waals surface area (Å²) in [5.74, 6) is 0. The fourth-order valence-electron chi connectivity index (χ4n) is 1.38. The third-order valence-electron chi connectivity index (χ3n) is 2.25. The number of hydrazine groups is 1. The number of para-hydroxylation sites is 1. The van der Waals surface area contributed by atoms with Gasteiger partial charge in [0.05, 0.1) is 11.4 Å². The largest absolute Gasteiger partial charge is 0.301 e. The highest BCUT2D eigenvalue weighted by molar-refractivity contribution is 5.63. The third-order valence-corrected chi connectivity index (χ3v) is 2.25. The summed E-state index contributed by atoms with van der Waals surface area (Å²) >= 11 is 0. The SMILES string of the molecule is C=C(NNc1ccccc1)c1ccccc1. The van der Waals surface area contributed by atoms with E-state index in [1.807, 2.05) is 60.7 Å². The predicted molar refractivity (Wildman–Crippen MR) is 68.7 cm³/mol. The minimum Gasteiger partial charge on any atom is -0.301 e. The molecule has 0 amide bonds. The first-order valence-electron chi connectivity index (χ1n) is 5.17. The molecule has 2 aromatic rings. The molecule has 0 aliphatic heterocycles. The van der Waals surface area contributed by atoms with Crippen LogP contribution in [0.3, 0.4) is 0 Å². The fraction of sp³-hybridized carbons (Fsp3) is 0. The van der Waals surface area contributed by atoms with Crippen molar-refractivity contribution in [3.63, 3.8) is 0 Å². The van der Waals surface area contributed by atoms with E-state index >= 15 is 0 Å². The van der Waals surface area contributed by atoms with Crippen molar-refractivity contribution in [1.29, 1.82) is 0 Å².